The number of carbonyl (C=O) groups excluding carboxylic acids is 2. The number of pyridine rings is 1. The summed E-state index contributed by atoms with van der Waals surface area (Å²) in [6.07, 6.45) is 3.48. The quantitative estimate of drug-likeness (QED) is 0.578. The van der Waals surface area contributed by atoms with Crippen LogP contribution in [0.25, 0.3) is 0 Å². The molecule has 1 aromatic carbocycles. The lowest BCUT2D eigenvalue weighted by Crippen LogP contribution is -2.46. The first-order valence-electron chi connectivity index (χ1n) is 9.40. The summed E-state index contributed by atoms with van der Waals surface area (Å²) in [5.41, 5.74) is 2.50. The number of nitrogens with zero attached hydrogens (tertiary/aromatic N) is 3. The largest absolute Gasteiger partial charge is 0.421 e. The van der Waals surface area contributed by atoms with E-state index in [1.54, 1.807) is 18.3 Å². The van der Waals surface area contributed by atoms with E-state index < -0.39 is 17.9 Å². The number of nitrogens with one attached hydrogen (secondary N) is 3. The molecule has 146 valence electrons. The van der Waals surface area contributed by atoms with Crippen LogP contribution in [0.2, 0.25) is 0 Å². The molecule has 0 unspecified atom stereocenters. The van der Waals surface area contributed by atoms with Crippen LogP contribution in [0.3, 0.4) is 0 Å². The fraction of sp³-hybridized carbons (Fsp3) is 0.250. The van der Waals surface area contributed by atoms with E-state index in [4.69, 9.17) is 4.74 Å². The third-order valence-electron chi connectivity index (χ3n) is 5.21. The standard InChI is InChI=1S/C20H18N6O3/c27-19(23-14-10-22-17-15(29-20(14)28)6-3-9-21-17)18-24-16(25-26-18)13-8-7-11-4-1-2-5-12(11)13/h1-6,9,13-14H,7-8,10H2,(H,21,22)(H,23,27)(H,24,25,26)/t13-,14-/m0/s1. The SMILES string of the molecule is O=C(N[C@H]1CNc2ncccc2OC1=O)c1n[nH]c([C@H]2CCc3ccccc32)n1. The summed E-state index contributed by atoms with van der Waals surface area (Å²) in [4.78, 5) is 33.5. The van der Waals surface area contributed by atoms with E-state index in [1.807, 2.05) is 12.1 Å². The molecule has 0 radical (unpaired) electrons. The summed E-state index contributed by atoms with van der Waals surface area (Å²) in [7, 11) is 0. The van der Waals surface area contributed by atoms with Gasteiger partial charge in [0, 0.05) is 18.7 Å². The number of benzene rings is 1. The van der Waals surface area contributed by atoms with Crippen molar-refractivity contribution in [2.45, 2.75) is 24.8 Å². The highest BCUT2D eigenvalue weighted by molar-refractivity contribution is 5.94. The van der Waals surface area contributed by atoms with Crippen LogP contribution in [0, 0.1) is 0 Å². The molecule has 1 aliphatic heterocycles. The smallest absolute Gasteiger partial charge is 0.336 e. The summed E-state index contributed by atoms with van der Waals surface area (Å²) in [5.74, 6) is 0.409. The molecule has 5 rings (SSSR count). The zero-order valence-electron chi connectivity index (χ0n) is 15.4. The summed E-state index contributed by atoms with van der Waals surface area (Å²) in [6, 6.07) is 10.6. The molecule has 2 aromatic heterocycles. The Morgan fingerprint density at radius 2 is 2.10 bits per heavy atom. The van der Waals surface area contributed by atoms with Gasteiger partial charge < -0.3 is 15.4 Å². The number of fused-ring (bicyclic) bond motifs is 2. The maximum Gasteiger partial charge on any atom is 0.336 e. The second kappa shape index (κ2) is 7.01. The molecular weight excluding hydrogens is 372 g/mol. The van der Waals surface area contributed by atoms with Crippen LogP contribution in [0.1, 0.15) is 39.9 Å². The molecule has 1 aliphatic carbocycles. The number of aromatic amines is 1. The minimum atomic E-state index is -0.883. The molecule has 3 heterocycles. The number of carbonyl (C=O) groups is 2. The maximum atomic E-state index is 12.6. The highest BCUT2D eigenvalue weighted by atomic mass is 16.5. The lowest BCUT2D eigenvalue weighted by molar-refractivity contribution is -0.135. The first kappa shape index (κ1) is 17.4. The van der Waals surface area contributed by atoms with Crippen LogP contribution in [-0.2, 0) is 11.2 Å². The van der Waals surface area contributed by atoms with E-state index in [0.717, 1.165) is 12.8 Å². The Morgan fingerprint density at radius 1 is 1.21 bits per heavy atom. The van der Waals surface area contributed by atoms with Crippen molar-refractivity contribution in [1.29, 1.82) is 0 Å². The summed E-state index contributed by atoms with van der Waals surface area (Å²) < 4.78 is 5.30. The number of aryl methyl sites for hydroxylation is 1. The van der Waals surface area contributed by atoms with E-state index in [1.165, 1.54) is 11.1 Å². The number of H-pyrrole nitrogens is 1. The monoisotopic (exact) mass is 390 g/mol. The molecule has 0 bridgehead atoms. The van der Waals surface area contributed by atoms with Crippen molar-refractivity contribution in [3.8, 4) is 5.75 Å². The lowest BCUT2D eigenvalue weighted by Gasteiger charge is -2.12. The van der Waals surface area contributed by atoms with Crippen molar-refractivity contribution in [2.24, 2.45) is 0 Å². The van der Waals surface area contributed by atoms with Gasteiger partial charge in [0.1, 0.15) is 11.9 Å². The highest BCUT2D eigenvalue weighted by Gasteiger charge is 2.30. The molecule has 9 nitrogen and oxygen atoms in total. The summed E-state index contributed by atoms with van der Waals surface area (Å²) in [5, 5.41) is 12.6. The van der Waals surface area contributed by atoms with E-state index in [9.17, 15) is 9.59 Å². The van der Waals surface area contributed by atoms with Gasteiger partial charge >= 0.3 is 5.97 Å². The van der Waals surface area contributed by atoms with Gasteiger partial charge in [-0.15, -0.1) is 5.10 Å². The molecule has 3 N–H and O–H groups in total. The highest BCUT2D eigenvalue weighted by Crippen LogP contribution is 2.36. The molecule has 3 aromatic rings. The Labute approximate surface area is 165 Å². The van der Waals surface area contributed by atoms with Gasteiger partial charge in [-0.3, -0.25) is 9.89 Å². The molecule has 0 saturated heterocycles. The maximum absolute atomic E-state index is 12.6. The number of hydrogen-bond donors (Lipinski definition) is 3. The number of amides is 1. The van der Waals surface area contributed by atoms with Crippen molar-refractivity contribution in [1.82, 2.24) is 25.5 Å². The molecular formula is C20H18N6O3. The molecule has 9 heteroatoms. The zero-order valence-corrected chi connectivity index (χ0v) is 15.4. The van der Waals surface area contributed by atoms with Crippen LogP contribution >= 0.6 is 0 Å². The van der Waals surface area contributed by atoms with Crippen molar-refractivity contribution in [2.75, 3.05) is 11.9 Å². The van der Waals surface area contributed by atoms with Gasteiger partial charge in [0.05, 0.1) is 0 Å². The van der Waals surface area contributed by atoms with Crippen LogP contribution in [0.5, 0.6) is 5.75 Å². The lowest BCUT2D eigenvalue weighted by atomic mass is 10.0. The minimum absolute atomic E-state index is 0.00272. The van der Waals surface area contributed by atoms with E-state index in [-0.39, 0.29) is 18.3 Å². The van der Waals surface area contributed by atoms with E-state index in [2.05, 4.69) is 42.9 Å². The number of anilines is 1. The number of hydrogen-bond acceptors (Lipinski definition) is 7. The third kappa shape index (κ3) is 3.20. The van der Waals surface area contributed by atoms with Crippen LogP contribution in [-0.4, -0.2) is 44.6 Å². The van der Waals surface area contributed by atoms with E-state index >= 15 is 0 Å². The molecule has 0 saturated carbocycles. The number of rotatable bonds is 3. The van der Waals surface area contributed by atoms with Crippen molar-refractivity contribution < 1.29 is 14.3 Å². The topological polar surface area (TPSA) is 122 Å². The zero-order chi connectivity index (χ0) is 19.8. The van der Waals surface area contributed by atoms with Crippen molar-refractivity contribution in [3.05, 3.63) is 65.4 Å². The second-order valence-electron chi connectivity index (χ2n) is 7.01. The number of aromatic nitrogens is 4. The van der Waals surface area contributed by atoms with Crippen molar-refractivity contribution in [3.63, 3.8) is 0 Å². The summed E-state index contributed by atoms with van der Waals surface area (Å²) >= 11 is 0. The van der Waals surface area contributed by atoms with Gasteiger partial charge in [-0.05, 0) is 36.1 Å². The molecule has 0 spiro atoms. The fourth-order valence-corrected chi connectivity index (χ4v) is 3.77. The van der Waals surface area contributed by atoms with Gasteiger partial charge in [-0.2, -0.15) is 0 Å². The van der Waals surface area contributed by atoms with Gasteiger partial charge in [0.15, 0.2) is 11.6 Å². The number of ether oxygens (including phenoxy) is 1. The molecule has 1 amide bonds. The Hall–Kier alpha value is -3.75. The Balaban J connectivity index is 1.30. The fourth-order valence-electron chi connectivity index (χ4n) is 3.77. The van der Waals surface area contributed by atoms with Gasteiger partial charge in [-0.25, -0.2) is 14.8 Å². The number of esters is 1. The first-order valence-corrected chi connectivity index (χ1v) is 9.40. The van der Waals surface area contributed by atoms with Gasteiger partial charge in [0.2, 0.25) is 5.82 Å². The van der Waals surface area contributed by atoms with E-state index in [0.29, 0.717) is 17.4 Å². The molecule has 29 heavy (non-hydrogen) atoms. The first-order chi connectivity index (χ1) is 14.2. The molecule has 2 aliphatic rings. The molecule has 2 atom stereocenters. The van der Waals surface area contributed by atoms with Gasteiger partial charge in [-0.1, -0.05) is 24.3 Å². The van der Waals surface area contributed by atoms with Crippen LogP contribution in [0.15, 0.2) is 42.6 Å². The minimum Gasteiger partial charge on any atom is -0.421 e. The Morgan fingerprint density at radius 3 is 3.03 bits per heavy atom. The normalized spacial score (nSPS) is 20.1. The predicted molar refractivity (Wildman–Crippen MR) is 103 cm³/mol. The van der Waals surface area contributed by atoms with Crippen molar-refractivity contribution >= 4 is 17.7 Å². The Bertz CT molecular complexity index is 1100. The predicted octanol–water partition coefficient (Wildman–Crippen LogP) is 1.41. The van der Waals surface area contributed by atoms with Crippen LogP contribution in [0.4, 0.5) is 5.82 Å². The summed E-state index contributed by atoms with van der Waals surface area (Å²) in [6.45, 7) is 0.155. The van der Waals surface area contributed by atoms with Gasteiger partial charge in [0.25, 0.3) is 5.91 Å². The second-order valence-corrected chi connectivity index (χ2v) is 7.01. The molecule has 0 fully saturated rings. The Kier molecular flexibility index (Phi) is 4.19. The van der Waals surface area contributed by atoms with Crippen LogP contribution < -0.4 is 15.4 Å². The third-order valence-corrected chi connectivity index (χ3v) is 5.21. The average molecular weight is 390 g/mol. The average Bonchev–Trinajstić information content (AvgIpc) is 3.35.